The molecule has 0 fully saturated rings. The number of hydrogen-bond acceptors (Lipinski definition) is 5. The van der Waals surface area contributed by atoms with Crippen molar-refractivity contribution >= 4 is 23.1 Å². The molecule has 2 heterocycles. The Morgan fingerprint density at radius 2 is 2.10 bits per heavy atom. The summed E-state index contributed by atoms with van der Waals surface area (Å²) in [5.74, 6) is 1.57. The average Bonchev–Trinajstić information content (AvgIpc) is 3.43. The molecule has 0 bridgehead atoms. The highest BCUT2D eigenvalue weighted by Gasteiger charge is 2.16. The van der Waals surface area contributed by atoms with Gasteiger partial charge in [0.2, 0.25) is 0 Å². The minimum absolute atomic E-state index is 0.379. The van der Waals surface area contributed by atoms with Gasteiger partial charge >= 0.3 is 0 Å². The smallest absolute Gasteiger partial charge is 0.191 e. The number of aliphatic imine (C=N–C) groups is 1. The lowest BCUT2D eigenvalue weighted by Gasteiger charge is -2.13. The van der Waals surface area contributed by atoms with Crippen LogP contribution < -0.4 is 16.4 Å². The van der Waals surface area contributed by atoms with Crippen LogP contribution in [0.3, 0.4) is 0 Å². The molecule has 1 aromatic carbocycles. The fraction of sp³-hybridized carbons (Fsp3) is 0.348. The molecule has 2 aromatic heterocycles. The van der Waals surface area contributed by atoms with E-state index in [1.54, 1.807) is 16.0 Å². The Morgan fingerprint density at radius 3 is 2.77 bits per heavy atom. The van der Waals surface area contributed by atoms with Crippen LogP contribution in [0.1, 0.15) is 43.0 Å². The Balaban J connectivity index is 1.57. The van der Waals surface area contributed by atoms with Gasteiger partial charge in [0, 0.05) is 25.6 Å². The Hall–Kier alpha value is -3.31. The molecule has 4 N–H and O–H groups in total. The van der Waals surface area contributed by atoms with Crippen molar-refractivity contribution in [2.24, 2.45) is 4.99 Å². The van der Waals surface area contributed by atoms with E-state index < -0.39 is 0 Å². The highest BCUT2D eigenvalue weighted by Crippen LogP contribution is 2.21. The van der Waals surface area contributed by atoms with Crippen molar-refractivity contribution < 1.29 is 0 Å². The standard InChI is InChI=1S/C23H29N7S/c1-3-26-23(28-15-17(2)18-11-13-31-16-18)27-12-7-10-21-20(14-24)22(25)30(29-21)19-8-5-4-6-9-19/h4-6,8-9,11,13,16-17H,3,7,10,12,15,25H2,1-2H3,(H2,26,27,28). The number of aromatic nitrogens is 2. The molecule has 0 amide bonds. The number of para-hydroxylation sites is 1. The average molecular weight is 436 g/mol. The lowest BCUT2D eigenvalue weighted by Crippen LogP contribution is -2.38. The summed E-state index contributed by atoms with van der Waals surface area (Å²) in [6.45, 7) is 6.49. The zero-order valence-electron chi connectivity index (χ0n) is 18.0. The number of nitrogens with two attached hydrogens (primary N) is 1. The minimum atomic E-state index is 0.379. The van der Waals surface area contributed by atoms with Crippen LogP contribution >= 0.6 is 11.3 Å². The Bertz CT molecular complexity index is 1020. The molecule has 3 rings (SSSR count). The first-order valence-corrected chi connectivity index (χ1v) is 11.5. The summed E-state index contributed by atoms with van der Waals surface area (Å²) >= 11 is 1.71. The second kappa shape index (κ2) is 11.2. The van der Waals surface area contributed by atoms with E-state index in [9.17, 15) is 5.26 Å². The first-order valence-electron chi connectivity index (χ1n) is 10.5. The second-order valence-corrected chi connectivity index (χ2v) is 8.05. The number of nitriles is 1. The normalized spacial score (nSPS) is 12.4. The number of nitrogen functional groups attached to an aromatic ring is 1. The summed E-state index contributed by atoms with van der Waals surface area (Å²) in [7, 11) is 0. The molecule has 162 valence electrons. The number of anilines is 1. The summed E-state index contributed by atoms with van der Waals surface area (Å²) in [5, 5.41) is 25.1. The molecule has 1 atom stereocenters. The van der Waals surface area contributed by atoms with Gasteiger partial charge in [-0.3, -0.25) is 4.99 Å². The van der Waals surface area contributed by atoms with Gasteiger partial charge in [0.05, 0.1) is 11.4 Å². The lowest BCUT2D eigenvalue weighted by molar-refractivity contribution is 0.712. The van der Waals surface area contributed by atoms with Crippen LogP contribution in [-0.2, 0) is 6.42 Å². The van der Waals surface area contributed by atoms with Crippen molar-refractivity contribution in [1.82, 2.24) is 20.4 Å². The number of hydrogen-bond donors (Lipinski definition) is 3. The Kier molecular flexibility index (Phi) is 8.07. The molecule has 0 saturated carbocycles. The second-order valence-electron chi connectivity index (χ2n) is 7.27. The SMILES string of the molecule is CCNC(=NCC(C)c1ccsc1)NCCCc1nn(-c2ccccc2)c(N)c1C#N. The van der Waals surface area contributed by atoms with Crippen LogP contribution in [0.5, 0.6) is 0 Å². The van der Waals surface area contributed by atoms with E-state index in [2.05, 4.69) is 52.5 Å². The van der Waals surface area contributed by atoms with Crippen LogP contribution in [0.4, 0.5) is 5.82 Å². The van der Waals surface area contributed by atoms with Crippen LogP contribution in [-0.4, -0.2) is 35.4 Å². The number of guanidine groups is 1. The van der Waals surface area contributed by atoms with E-state index in [-0.39, 0.29) is 0 Å². The van der Waals surface area contributed by atoms with Crippen molar-refractivity contribution in [3.63, 3.8) is 0 Å². The van der Waals surface area contributed by atoms with Gasteiger partial charge in [0.15, 0.2) is 5.96 Å². The summed E-state index contributed by atoms with van der Waals surface area (Å²) in [4.78, 5) is 4.71. The van der Waals surface area contributed by atoms with Crippen molar-refractivity contribution in [3.05, 3.63) is 64.0 Å². The third-order valence-electron chi connectivity index (χ3n) is 4.97. The Morgan fingerprint density at radius 1 is 1.29 bits per heavy atom. The molecule has 1 unspecified atom stereocenters. The van der Waals surface area contributed by atoms with E-state index in [1.165, 1.54) is 5.56 Å². The van der Waals surface area contributed by atoms with E-state index in [1.807, 2.05) is 30.3 Å². The van der Waals surface area contributed by atoms with Crippen LogP contribution in [0, 0.1) is 11.3 Å². The third-order valence-corrected chi connectivity index (χ3v) is 5.67. The van der Waals surface area contributed by atoms with Gasteiger partial charge in [0.25, 0.3) is 0 Å². The largest absolute Gasteiger partial charge is 0.382 e. The van der Waals surface area contributed by atoms with Gasteiger partial charge in [-0.25, -0.2) is 4.68 Å². The van der Waals surface area contributed by atoms with Crippen LogP contribution in [0.15, 0.2) is 52.2 Å². The summed E-state index contributed by atoms with van der Waals surface area (Å²) < 4.78 is 1.64. The number of nitrogens with zero attached hydrogens (tertiary/aromatic N) is 4. The topological polar surface area (TPSA) is 104 Å². The van der Waals surface area contributed by atoms with Gasteiger partial charge in [-0.15, -0.1) is 0 Å². The highest BCUT2D eigenvalue weighted by atomic mass is 32.1. The van der Waals surface area contributed by atoms with Gasteiger partial charge in [-0.1, -0.05) is 25.1 Å². The summed E-state index contributed by atoms with van der Waals surface area (Å²) in [5.41, 5.74) is 9.52. The van der Waals surface area contributed by atoms with Crippen LogP contribution in [0.2, 0.25) is 0 Å². The van der Waals surface area contributed by atoms with E-state index in [0.29, 0.717) is 23.7 Å². The molecule has 0 aliphatic carbocycles. The molecule has 0 aliphatic heterocycles. The highest BCUT2D eigenvalue weighted by molar-refractivity contribution is 7.07. The molecular weight excluding hydrogens is 406 g/mol. The predicted molar refractivity (Wildman–Crippen MR) is 128 cm³/mol. The monoisotopic (exact) mass is 435 g/mol. The van der Waals surface area contributed by atoms with Crippen LogP contribution in [0.25, 0.3) is 5.69 Å². The van der Waals surface area contributed by atoms with Crippen molar-refractivity contribution in [2.45, 2.75) is 32.6 Å². The quantitative estimate of drug-likeness (QED) is 0.270. The third kappa shape index (κ3) is 5.86. The fourth-order valence-corrected chi connectivity index (χ4v) is 4.02. The number of nitrogens with one attached hydrogen (secondary N) is 2. The summed E-state index contributed by atoms with van der Waals surface area (Å²) in [6.07, 6.45) is 1.47. The predicted octanol–water partition coefficient (Wildman–Crippen LogP) is 3.68. The molecule has 0 saturated heterocycles. The summed E-state index contributed by atoms with van der Waals surface area (Å²) in [6, 6.07) is 14.0. The molecule has 31 heavy (non-hydrogen) atoms. The maximum Gasteiger partial charge on any atom is 0.191 e. The molecule has 7 nitrogen and oxygen atoms in total. The van der Waals surface area contributed by atoms with Crippen molar-refractivity contribution in [3.8, 4) is 11.8 Å². The molecular formula is C23H29N7S. The molecule has 3 aromatic rings. The van der Waals surface area contributed by atoms with Crippen molar-refractivity contribution in [1.29, 1.82) is 5.26 Å². The molecule has 0 spiro atoms. The number of thiophene rings is 1. The zero-order chi connectivity index (χ0) is 22.1. The van der Waals surface area contributed by atoms with Gasteiger partial charge in [0.1, 0.15) is 17.5 Å². The molecule has 8 heteroatoms. The Labute approximate surface area is 187 Å². The van der Waals surface area contributed by atoms with E-state index >= 15 is 0 Å². The number of rotatable bonds is 9. The lowest BCUT2D eigenvalue weighted by atomic mass is 10.1. The maximum absolute atomic E-state index is 9.55. The van der Waals surface area contributed by atoms with E-state index in [0.717, 1.165) is 43.4 Å². The van der Waals surface area contributed by atoms with Gasteiger partial charge in [-0.05, 0) is 54.3 Å². The molecule has 0 aliphatic rings. The maximum atomic E-state index is 9.55. The minimum Gasteiger partial charge on any atom is -0.382 e. The zero-order valence-corrected chi connectivity index (χ0v) is 18.8. The van der Waals surface area contributed by atoms with E-state index in [4.69, 9.17) is 10.7 Å². The first kappa shape index (κ1) is 22.4. The number of aryl methyl sites for hydroxylation is 1. The first-order chi connectivity index (χ1) is 15.1. The van der Waals surface area contributed by atoms with Gasteiger partial charge < -0.3 is 16.4 Å². The molecule has 0 radical (unpaired) electrons. The van der Waals surface area contributed by atoms with Crippen molar-refractivity contribution in [2.75, 3.05) is 25.4 Å². The van der Waals surface area contributed by atoms with Gasteiger partial charge in [-0.2, -0.15) is 21.7 Å². The fourth-order valence-electron chi connectivity index (χ4n) is 3.23. The number of benzene rings is 1.